The molecule has 2 aromatic carbocycles. The van der Waals surface area contributed by atoms with E-state index in [2.05, 4.69) is 51.0 Å². The van der Waals surface area contributed by atoms with Crippen LogP contribution in [0.1, 0.15) is 18.1 Å². The van der Waals surface area contributed by atoms with Crippen molar-refractivity contribution in [3.63, 3.8) is 0 Å². The highest BCUT2D eigenvalue weighted by Gasteiger charge is 2.29. The smallest absolute Gasteiger partial charge is 0.268 e. The Labute approximate surface area is 272 Å². The minimum absolute atomic E-state index is 0.0918. The summed E-state index contributed by atoms with van der Waals surface area (Å²) in [4.78, 5) is 40.6. The lowest BCUT2D eigenvalue weighted by atomic mass is 10.0. The molecule has 15 heteroatoms. The number of fused-ring (bicyclic) bond motifs is 1. The second kappa shape index (κ2) is 12.8. The molecule has 0 fully saturated rings. The summed E-state index contributed by atoms with van der Waals surface area (Å²) in [7, 11) is 0. The molecule has 236 valence electrons. The number of nitriles is 1. The van der Waals surface area contributed by atoms with Gasteiger partial charge in [0.2, 0.25) is 11.9 Å². The summed E-state index contributed by atoms with van der Waals surface area (Å²) in [5.41, 5.74) is 3.67. The first kappa shape index (κ1) is 29.7. The molecule has 5 heterocycles. The van der Waals surface area contributed by atoms with E-state index in [4.69, 9.17) is 9.47 Å². The number of benzene rings is 2. The molecule has 2 atom stereocenters. The number of carbonyl (C=O) groups excluding carboxylic acids is 2. The first-order chi connectivity index (χ1) is 23.4. The van der Waals surface area contributed by atoms with Crippen molar-refractivity contribution in [3.8, 4) is 51.7 Å². The van der Waals surface area contributed by atoms with Gasteiger partial charge in [0.1, 0.15) is 29.0 Å². The number of hydrogen-bond donors (Lipinski definition) is 4. The second-order valence-corrected chi connectivity index (χ2v) is 10.6. The highest BCUT2D eigenvalue weighted by molar-refractivity contribution is 5.94. The van der Waals surface area contributed by atoms with Crippen LogP contribution >= 0.6 is 0 Å². The first-order valence-electron chi connectivity index (χ1n) is 14.7. The van der Waals surface area contributed by atoms with Crippen LogP contribution < -0.4 is 20.1 Å². The highest BCUT2D eigenvalue weighted by Crippen LogP contribution is 2.31. The van der Waals surface area contributed by atoms with Crippen molar-refractivity contribution in [1.82, 2.24) is 40.3 Å². The molecule has 0 spiro atoms. The summed E-state index contributed by atoms with van der Waals surface area (Å²) >= 11 is 0. The van der Waals surface area contributed by atoms with E-state index in [-0.39, 0.29) is 17.8 Å². The van der Waals surface area contributed by atoms with Gasteiger partial charge in [0.25, 0.3) is 11.8 Å². The van der Waals surface area contributed by atoms with Crippen LogP contribution in [0.3, 0.4) is 0 Å². The van der Waals surface area contributed by atoms with Crippen LogP contribution in [0, 0.1) is 11.3 Å². The number of hydrogen-bond acceptors (Lipinski definition) is 11. The van der Waals surface area contributed by atoms with E-state index in [1.54, 1.807) is 61.8 Å². The number of nitrogens with zero attached hydrogens (tertiary/aromatic N) is 7. The molecular weight excluding hydrogens is 614 g/mol. The number of carbonyl (C=O) groups is 2. The number of aromatic amines is 2. The van der Waals surface area contributed by atoms with Crippen LogP contribution in [0.2, 0.25) is 0 Å². The van der Waals surface area contributed by atoms with Crippen LogP contribution in [0.5, 0.6) is 11.5 Å². The van der Waals surface area contributed by atoms with Crippen LogP contribution in [0.25, 0.3) is 34.2 Å². The number of amides is 2. The molecule has 0 saturated carbocycles. The van der Waals surface area contributed by atoms with E-state index >= 15 is 0 Å². The van der Waals surface area contributed by atoms with Gasteiger partial charge < -0.3 is 19.4 Å². The molecule has 4 N–H and O–H groups in total. The maximum atomic E-state index is 12.8. The Balaban J connectivity index is 1.04. The Kier molecular flexibility index (Phi) is 7.94. The van der Waals surface area contributed by atoms with Gasteiger partial charge in [-0.05, 0) is 54.4 Å². The van der Waals surface area contributed by atoms with Crippen LogP contribution in [-0.4, -0.2) is 64.4 Å². The van der Waals surface area contributed by atoms with E-state index in [0.29, 0.717) is 52.1 Å². The molecule has 4 aromatic heterocycles. The van der Waals surface area contributed by atoms with Crippen molar-refractivity contribution >= 4 is 23.7 Å². The average Bonchev–Trinajstić information content (AvgIpc) is 3.89. The molecule has 2 amide bonds. The third kappa shape index (κ3) is 6.13. The standard InChI is InChI=1S/C33H25N11O4/c1-18(47-25-11-5-3-8-21(25)17-34)30(45)39-33-38-29(42-44-33)27-22(9-6-13-36-27)19-12-14-35-23(15-19)28-37-32(43-41-28)40-31(46)26-16-20-7-2-4-10-24(20)48-26/h2-15,18,26H,16H2,1H3,(H2,37,40,41,43,46)(H2,38,39,42,44,45). The van der Waals surface area contributed by atoms with Gasteiger partial charge in [0.05, 0.1) is 5.56 Å². The first-order valence-corrected chi connectivity index (χ1v) is 14.7. The topological polar surface area (TPSA) is 209 Å². The Morgan fingerprint density at radius 1 is 0.917 bits per heavy atom. The Hall–Kier alpha value is -6.95. The lowest BCUT2D eigenvalue weighted by Gasteiger charge is -2.14. The van der Waals surface area contributed by atoms with Crippen molar-refractivity contribution in [1.29, 1.82) is 5.26 Å². The minimum Gasteiger partial charge on any atom is -0.480 e. The monoisotopic (exact) mass is 639 g/mol. The van der Waals surface area contributed by atoms with Crippen LogP contribution in [-0.2, 0) is 16.0 Å². The SMILES string of the molecule is CC(Oc1ccccc1C#N)C(=O)Nc1nnc(-c2ncccc2-c2ccnc(-c3nnc(NC(=O)C4Cc5ccccc5O4)[nH]3)c2)[nH]1. The second-order valence-electron chi connectivity index (χ2n) is 10.6. The van der Waals surface area contributed by atoms with Crippen molar-refractivity contribution in [2.75, 3.05) is 10.6 Å². The van der Waals surface area contributed by atoms with Gasteiger partial charge in [-0.1, -0.05) is 36.4 Å². The molecule has 15 nitrogen and oxygen atoms in total. The Bertz CT molecular complexity index is 2160. The maximum absolute atomic E-state index is 12.8. The van der Waals surface area contributed by atoms with E-state index in [1.807, 2.05) is 36.4 Å². The van der Waals surface area contributed by atoms with E-state index in [1.165, 1.54) is 0 Å². The van der Waals surface area contributed by atoms with E-state index < -0.39 is 18.1 Å². The van der Waals surface area contributed by atoms with E-state index in [9.17, 15) is 14.9 Å². The summed E-state index contributed by atoms with van der Waals surface area (Å²) in [5, 5.41) is 31.1. The Morgan fingerprint density at radius 3 is 2.54 bits per heavy atom. The molecule has 0 aliphatic carbocycles. The van der Waals surface area contributed by atoms with Crippen molar-refractivity contribution in [3.05, 3.63) is 96.3 Å². The zero-order valence-electron chi connectivity index (χ0n) is 25.2. The minimum atomic E-state index is -0.924. The predicted octanol–water partition coefficient (Wildman–Crippen LogP) is 3.93. The molecule has 0 radical (unpaired) electrons. The van der Waals surface area contributed by atoms with Gasteiger partial charge in [-0.25, -0.2) is 0 Å². The van der Waals surface area contributed by atoms with Crippen LogP contribution in [0.15, 0.2) is 85.2 Å². The van der Waals surface area contributed by atoms with Crippen molar-refractivity contribution in [2.24, 2.45) is 0 Å². The Morgan fingerprint density at radius 2 is 1.69 bits per heavy atom. The highest BCUT2D eigenvalue weighted by atomic mass is 16.5. The molecule has 1 aliphatic rings. The third-order valence-corrected chi connectivity index (χ3v) is 7.42. The predicted molar refractivity (Wildman–Crippen MR) is 171 cm³/mol. The molecule has 1 aliphatic heterocycles. The van der Waals surface area contributed by atoms with Gasteiger partial charge in [-0.2, -0.15) is 5.26 Å². The van der Waals surface area contributed by atoms with Gasteiger partial charge in [0, 0.05) is 24.4 Å². The quantitative estimate of drug-likeness (QED) is 0.178. The number of para-hydroxylation sites is 2. The lowest BCUT2D eigenvalue weighted by molar-refractivity contribution is -0.122. The molecular formula is C33H25N11O4. The summed E-state index contributed by atoms with van der Waals surface area (Å²) in [6.07, 6.45) is 2.10. The fraction of sp³-hybridized carbons (Fsp3) is 0.121. The lowest BCUT2D eigenvalue weighted by Crippen LogP contribution is -2.31. The fourth-order valence-corrected chi connectivity index (χ4v) is 5.06. The van der Waals surface area contributed by atoms with E-state index in [0.717, 1.165) is 11.1 Å². The number of anilines is 2. The van der Waals surface area contributed by atoms with Gasteiger partial charge in [0.15, 0.2) is 23.9 Å². The largest absolute Gasteiger partial charge is 0.480 e. The van der Waals surface area contributed by atoms with Gasteiger partial charge >= 0.3 is 0 Å². The van der Waals surface area contributed by atoms with Gasteiger partial charge in [-0.15, -0.1) is 20.4 Å². The summed E-state index contributed by atoms with van der Waals surface area (Å²) in [5.74, 6) is 1.06. The maximum Gasteiger partial charge on any atom is 0.268 e. The van der Waals surface area contributed by atoms with Crippen molar-refractivity contribution < 1.29 is 19.1 Å². The number of rotatable bonds is 9. The average molecular weight is 640 g/mol. The van der Waals surface area contributed by atoms with Gasteiger partial charge in [-0.3, -0.25) is 30.2 Å². The molecule has 48 heavy (non-hydrogen) atoms. The van der Waals surface area contributed by atoms with Crippen LogP contribution in [0.4, 0.5) is 11.9 Å². The number of nitrogens with one attached hydrogen (secondary N) is 4. The normalized spacial score (nSPS) is 13.9. The molecule has 2 unspecified atom stereocenters. The molecule has 6 aromatic rings. The summed E-state index contributed by atoms with van der Waals surface area (Å²) < 4.78 is 11.5. The number of pyridine rings is 2. The molecule has 7 rings (SSSR count). The number of ether oxygens (including phenoxy) is 2. The zero-order chi connectivity index (χ0) is 33.0. The number of H-pyrrole nitrogens is 2. The zero-order valence-corrected chi connectivity index (χ0v) is 25.2. The third-order valence-electron chi connectivity index (χ3n) is 7.42. The molecule has 0 bridgehead atoms. The summed E-state index contributed by atoms with van der Waals surface area (Å²) in [6, 6.07) is 23.4. The van der Waals surface area contributed by atoms with Crippen molar-refractivity contribution in [2.45, 2.75) is 25.6 Å². The molecule has 0 saturated heterocycles. The summed E-state index contributed by atoms with van der Waals surface area (Å²) in [6.45, 7) is 1.56. The number of aromatic nitrogens is 8. The fourth-order valence-electron chi connectivity index (χ4n) is 5.06.